The molecule has 2 amide bonds. The molecule has 0 saturated carbocycles. The van der Waals surface area contributed by atoms with Crippen molar-refractivity contribution in [2.75, 3.05) is 18.0 Å². The second-order valence-corrected chi connectivity index (χ2v) is 8.19. The van der Waals surface area contributed by atoms with Crippen LogP contribution in [-0.2, 0) is 14.4 Å². The van der Waals surface area contributed by atoms with Gasteiger partial charge in [0.25, 0.3) is 0 Å². The average Bonchev–Trinajstić information content (AvgIpc) is 3.00. The summed E-state index contributed by atoms with van der Waals surface area (Å²) in [5, 5.41) is 2.36. The number of piperidine rings is 2. The Morgan fingerprint density at radius 3 is 2.45 bits per heavy atom. The molecule has 3 heterocycles. The van der Waals surface area contributed by atoms with Crippen molar-refractivity contribution in [3.05, 3.63) is 28.7 Å². The zero-order chi connectivity index (χ0) is 20.7. The molecule has 1 N–H and O–H groups in total. The number of hydrogen-bond donors (Lipinski definition) is 1. The van der Waals surface area contributed by atoms with E-state index in [9.17, 15) is 19.2 Å². The van der Waals surface area contributed by atoms with Crippen molar-refractivity contribution in [1.82, 2.24) is 14.5 Å². The van der Waals surface area contributed by atoms with Crippen molar-refractivity contribution in [3.63, 3.8) is 0 Å². The van der Waals surface area contributed by atoms with Gasteiger partial charge in [-0.1, -0.05) is 6.07 Å². The number of carbonyl (C=O) groups is 3. The number of nitrogens with one attached hydrogen (secondary N) is 1. The molecule has 1 aromatic heterocycles. The Morgan fingerprint density at radius 1 is 1.10 bits per heavy atom. The first kappa shape index (κ1) is 19.4. The van der Waals surface area contributed by atoms with Gasteiger partial charge in [-0.2, -0.15) is 0 Å². The number of rotatable bonds is 4. The van der Waals surface area contributed by atoms with Gasteiger partial charge in [0, 0.05) is 31.5 Å². The predicted octanol–water partition coefficient (Wildman–Crippen LogP) is 1.78. The number of para-hydroxylation sites is 1. The Morgan fingerprint density at radius 2 is 1.83 bits per heavy atom. The molecule has 2 aromatic rings. The van der Waals surface area contributed by atoms with Crippen LogP contribution < -0.4 is 15.9 Å². The van der Waals surface area contributed by atoms with E-state index in [1.807, 2.05) is 32.0 Å². The summed E-state index contributed by atoms with van der Waals surface area (Å²) in [6.45, 7) is 5.40. The molecule has 0 radical (unpaired) electrons. The summed E-state index contributed by atoms with van der Waals surface area (Å²) < 4.78 is 3.28. The van der Waals surface area contributed by atoms with Gasteiger partial charge in [0.15, 0.2) is 0 Å². The molecule has 154 valence electrons. The number of nitrogens with zero attached hydrogens (tertiary/aromatic N) is 3. The average molecular weight is 398 g/mol. The number of carbonyl (C=O) groups excluding carboxylic acids is 3. The van der Waals surface area contributed by atoms with Gasteiger partial charge in [0.2, 0.25) is 11.8 Å². The highest BCUT2D eigenvalue weighted by atomic mass is 16.2. The van der Waals surface area contributed by atoms with Gasteiger partial charge in [-0.25, -0.2) is 4.79 Å². The third-order valence-corrected chi connectivity index (χ3v) is 6.02. The van der Waals surface area contributed by atoms with Gasteiger partial charge in [-0.05, 0) is 45.2 Å². The number of imide groups is 1. The Bertz CT molecular complexity index is 1030. The highest BCUT2D eigenvalue weighted by Gasteiger charge is 2.33. The Kier molecular flexibility index (Phi) is 5.02. The van der Waals surface area contributed by atoms with E-state index < -0.39 is 11.9 Å². The minimum Gasteiger partial charge on any atom is -0.370 e. The summed E-state index contributed by atoms with van der Waals surface area (Å²) in [5.41, 5.74) is 2.22. The van der Waals surface area contributed by atoms with E-state index in [1.165, 1.54) is 0 Å². The van der Waals surface area contributed by atoms with Crippen LogP contribution in [0.25, 0.3) is 11.0 Å². The molecule has 1 atom stereocenters. The Hall–Kier alpha value is -2.90. The topological polar surface area (TPSA) is 93.4 Å². The number of imidazole rings is 1. The minimum absolute atomic E-state index is 0.0887. The number of aromatic nitrogens is 2. The second kappa shape index (κ2) is 7.50. The number of anilines is 1. The van der Waals surface area contributed by atoms with E-state index in [1.54, 1.807) is 9.13 Å². The number of aldehydes is 1. The van der Waals surface area contributed by atoms with Crippen molar-refractivity contribution in [2.24, 2.45) is 5.92 Å². The SMILES string of the molecule is CC(C)n1c(=O)n(C2CCC(=O)NC2=O)c2cccc(N3CCC(C=O)CC3)c21. The van der Waals surface area contributed by atoms with Crippen LogP contribution in [0, 0.1) is 5.92 Å². The van der Waals surface area contributed by atoms with Gasteiger partial charge in [-0.15, -0.1) is 0 Å². The van der Waals surface area contributed by atoms with E-state index in [-0.39, 0.29) is 30.0 Å². The number of hydrogen-bond acceptors (Lipinski definition) is 5. The molecule has 2 aliphatic heterocycles. The maximum atomic E-state index is 13.4. The van der Waals surface area contributed by atoms with Crippen LogP contribution in [0.2, 0.25) is 0 Å². The molecule has 8 nitrogen and oxygen atoms in total. The molecule has 0 aliphatic carbocycles. The lowest BCUT2D eigenvalue weighted by Crippen LogP contribution is -2.44. The zero-order valence-electron chi connectivity index (χ0n) is 16.8. The molecular weight excluding hydrogens is 372 g/mol. The minimum atomic E-state index is -0.696. The van der Waals surface area contributed by atoms with E-state index in [4.69, 9.17) is 0 Å². The standard InChI is InChI=1S/C21H26N4O4/c1-13(2)24-19-15(23-10-8-14(12-26)9-11-23)4-3-5-16(19)25(21(24)29)17-6-7-18(27)22-20(17)28/h3-5,12-14,17H,6-11H2,1-2H3,(H,22,27,28). The van der Waals surface area contributed by atoms with Crippen molar-refractivity contribution in [2.45, 2.75) is 51.6 Å². The van der Waals surface area contributed by atoms with Crippen LogP contribution >= 0.6 is 0 Å². The lowest BCUT2D eigenvalue weighted by molar-refractivity contribution is -0.135. The van der Waals surface area contributed by atoms with E-state index in [0.717, 1.165) is 43.4 Å². The first-order chi connectivity index (χ1) is 13.9. The third-order valence-electron chi connectivity index (χ3n) is 6.02. The van der Waals surface area contributed by atoms with E-state index >= 15 is 0 Å². The summed E-state index contributed by atoms with van der Waals surface area (Å²) >= 11 is 0. The van der Waals surface area contributed by atoms with Crippen LogP contribution in [0.1, 0.15) is 51.6 Å². The van der Waals surface area contributed by atoms with E-state index in [2.05, 4.69) is 10.2 Å². The highest BCUT2D eigenvalue weighted by Crippen LogP contribution is 2.33. The Balaban J connectivity index is 1.86. The number of amides is 2. The highest BCUT2D eigenvalue weighted by molar-refractivity contribution is 6.00. The molecule has 1 unspecified atom stereocenters. The maximum Gasteiger partial charge on any atom is 0.330 e. The fourth-order valence-electron chi connectivity index (χ4n) is 4.52. The zero-order valence-corrected chi connectivity index (χ0v) is 16.8. The van der Waals surface area contributed by atoms with Crippen LogP contribution in [-0.4, -0.2) is 40.3 Å². The second-order valence-electron chi connectivity index (χ2n) is 8.19. The van der Waals surface area contributed by atoms with Crippen molar-refractivity contribution in [1.29, 1.82) is 0 Å². The van der Waals surface area contributed by atoms with Crippen LogP contribution in [0.15, 0.2) is 23.0 Å². The fraction of sp³-hybridized carbons (Fsp3) is 0.524. The van der Waals surface area contributed by atoms with E-state index in [0.29, 0.717) is 11.9 Å². The molecule has 29 heavy (non-hydrogen) atoms. The van der Waals surface area contributed by atoms with Gasteiger partial charge in [0.05, 0.1) is 16.7 Å². The van der Waals surface area contributed by atoms with Gasteiger partial charge in [0.1, 0.15) is 12.3 Å². The first-order valence-corrected chi connectivity index (χ1v) is 10.2. The summed E-state index contributed by atoms with van der Waals surface area (Å²) in [5.74, 6) is -0.639. The molecule has 1 aromatic carbocycles. The van der Waals surface area contributed by atoms with Crippen molar-refractivity contribution in [3.8, 4) is 0 Å². The molecule has 8 heteroatoms. The lowest BCUT2D eigenvalue weighted by atomic mass is 9.98. The monoisotopic (exact) mass is 398 g/mol. The van der Waals surface area contributed by atoms with Gasteiger partial charge in [-0.3, -0.25) is 24.0 Å². The fourth-order valence-corrected chi connectivity index (χ4v) is 4.52. The molecule has 4 rings (SSSR count). The number of fused-ring (bicyclic) bond motifs is 1. The number of benzene rings is 1. The molecule has 0 spiro atoms. The molecule has 2 saturated heterocycles. The molecular formula is C21H26N4O4. The third kappa shape index (κ3) is 3.26. The Labute approximate surface area is 168 Å². The largest absolute Gasteiger partial charge is 0.370 e. The maximum absolute atomic E-state index is 13.4. The first-order valence-electron chi connectivity index (χ1n) is 10.2. The molecule has 2 fully saturated rings. The summed E-state index contributed by atoms with van der Waals surface area (Å²) in [7, 11) is 0. The van der Waals surface area contributed by atoms with Gasteiger partial charge < -0.3 is 9.69 Å². The quantitative estimate of drug-likeness (QED) is 0.626. The van der Waals surface area contributed by atoms with Crippen molar-refractivity contribution < 1.29 is 14.4 Å². The normalized spacial score (nSPS) is 21.1. The predicted molar refractivity (Wildman–Crippen MR) is 109 cm³/mol. The summed E-state index contributed by atoms with van der Waals surface area (Å²) in [4.78, 5) is 50.8. The smallest absolute Gasteiger partial charge is 0.330 e. The van der Waals surface area contributed by atoms with Crippen molar-refractivity contribution >= 4 is 34.8 Å². The summed E-state index contributed by atoms with van der Waals surface area (Å²) in [6.07, 6.45) is 3.15. The molecule has 2 aliphatic rings. The lowest BCUT2D eigenvalue weighted by Gasteiger charge is -2.32. The summed E-state index contributed by atoms with van der Waals surface area (Å²) in [6, 6.07) is 4.97. The molecule has 0 bridgehead atoms. The van der Waals surface area contributed by atoms with Crippen LogP contribution in [0.5, 0.6) is 0 Å². The van der Waals surface area contributed by atoms with Crippen LogP contribution in [0.4, 0.5) is 5.69 Å². The van der Waals surface area contributed by atoms with Crippen LogP contribution in [0.3, 0.4) is 0 Å². The van der Waals surface area contributed by atoms with Gasteiger partial charge >= 0.3 is 5.69 Å².